The lowest BCUT2D eigenvalue weighted by Gasteiger charge is -2.16. The van der Waals surface area contributed by atoms with Gasteiger partial charge in [-0.25, -0.2) is 0 Å². The Kier molecular flexibility index (Phi) is 6.59. The SMILES string of the molecule is CSCC(CCO)Nc1ccc(SC)nn1. The lowest BCUT2D eigenvalue weighted by Crippen LogP contribution is -2.24. The molecule has 0 radical (unpaired) electrons. The van der Waals surface area contributed by atoms with E-state index in [2.05, 4.69) is 21.8 Å². The maximum absolute atomic E-state index is 8.93. The van der Waals surface area contributed by atoms with E-state index < -0.39 is 0 Å². The molecule has 0 aliphatic heterocycles. The fourth-order valence-corrected chi connectivity index (χ4v) is 2.25. The van der Waals surface area contributed by atoms with Crippen molar-refractivity contribution in [3.63, 3.8) is 0 Å². The second kappa shape index (κ2) is 7.76. The van der Waals surface area contributed by atoms with E-state index in [4.69, 9.17) is 5.11 Å². The number of anilines is 1. The summed E-state index contributed by atoms with van der Waals surface area (Å²) in [4.78, 5) is 0. The average Bonchev–Trinajstić information content (AvgIpc) is 2.31. The third kappa shape index (κ3) is 4.59. The Morgan fingerprint density at radius 3 is 2.69 bits per heavy atom. The van der Waals surface area contributed by atoms with Gasteiger partial charge in [0, 0.05) is 18.4 Å². The molecule has 16 heavy (non-hydrogen) atoms. The van der Waals surface area contributed by atoms with Crippen LogP contribution in [0.5, 0.6) is 0 Å². The Bertz CT molecular complexity index is 289. The van der Waals surface area contributed by atoms with Gasteiger partial charge in [0.2, 0.25) is 0 Å². The molecule has 1 rings (SSSR count). The van der Waals surface area contributed by atoms with Gasteiger partial charge < -0.3 is 10.4 Å². The van der Waals surface area contributed by atoms with Crippen molar-refractivity contribution in [3.05, 3.63) is 12.1 Å². The van der Waals surface area contributed by atoms with E-state index in [1.165, 1.54) is 0 Å². The summed E-state index contributed by atoms with van der Waals surface area (Å²) < 4.78 is 0. The highest BCUT2D eigenvalue weighted by Gasteiger charge is 2.08. The average molecular weight is 259 g/mol. The van der Waals surface area contributed by atoms with Gasteiger partial charge in [-0.05, 0) is 31.1 Å². The molecule has 0 bridgehead atoms. The number of rotatable bonds is 7. The molecule has 1 aromatic rings. The summed E-state index contributed by atoms with van der Waals surface area (Å²) in [6, 6.07) is 4.10. The molecule has 90 valence electrons. The molecule has 6 heteroatoms. The van der Waals surface area contributed by atoms with Crippen LogP contribution >= 0.6 is 23.5 Å². The van der Waals surface area contributed by atoms with Crippen LogP contribution in [0.25, 0.3) is 0 Å². The van der Waals surface area contributed by atoms with Gasteiger partial charge in [-0.3, -0.25) is 0 Å². The van der Waals surface area contributed by atoms with Crippen molar-refractivity contribution in [2.24, 2.45) is 0 Å². The summed E-state index contributed by atoms with van der Waals surface area (Å²) in [6.45, 7) is 0.189. The van der Waals surface area contributed by atoms with Crippen molar-refractivity contribution < 1.29 is 5.11 Å². The van der Waals surface area contributed by atoms with Gasteiger partial charge in [-0.15, -0.1) is 22.0 Å². The second-order valence-corrected chi connectivity index (χ2v) is 5.01. The molecule has 2 N–H and O–H groups in total. The van der Waals surface area contributed by atoms with Crippen LogP contribution in [0.3, 0.4) is 0 Å². The number of hydrogen-bond acceptors (Lipinski definition) is 6. The second-order valence-electron chi connectivity index (χ2n) is 3.27. The summed E-state index contributed by atoms with van der Waals surface area (Å²) in [5.74, 6) is 1.72. The molecule has 0 saturated carbocycles. The summed E-state index contributed by atoms with van der Waals surface area (Å²) in [6.07, 6.45) is 4.75. The predicted molar refractivity (Wildman–Crippen MR) is 71.3 cm³/mol. The van der Waals surface area contributed by atoms with Gasteiger partial charge in [0.1, 0.15) is 10.8 Å². The number of aromatic nitrogens is 2. The maximum atomic E-state index is 8.93. The minimum atomic E-state index is 0.189. The van der Waals surface area contributed by atoms with Crippen LogP contribution in [-0.4, -0.2) is 46.2 Å². The van der Waals surface area contributed by atoms with Crippen molar-refractivity contribution in [2.45, 2.75) is 17.5 Å². The van der Waals surface area contributed by atoms with Gasteiger partial charge in [0.05, 0.1) is 0 Å². The molecule has 0 spiro atoms. The van der Waals surface area contributed by atoms with Crippen molar-refractivity contribution in [3.8, 4) is 0 Å². The lowest BCUT2D eigenvalue weighted by atomic mass is 10.2. The maximum Gasteiger partial charge on any atom is 0.148 e. The van der Waals surface area contributed by atoms with Crippen molar-refractivity contribution >= 4 is 29.3 Å². The zero-order chi connectivity index (χ0) is 11.8. The highest BCUT2D eigenvalue weighted by Crippen LogP contribution is 2.13. The molecule has 0 aliphatic rings. The molecule has 1 heterocycles. The highest BCUT2D eigenvalue weighted by atomic mass is 32.2. The van der Waals surface area contributed by atoms with Crippen molar-refractivity contribution in [1.82, 2.24) is 10.2 Å². The molecule has 0 amide bonds. The first-order valence-electron chi connectivity index (χ1n) is 5.04. The molecule has 1 unspecified atom stereocenters. The van der Waals surface area contributed by atoms with E-state index in [9.17, 15) is 0 Å². The standard InChI is InChI=1S/C10H17N3OS2/c1-15-7-8(5-6-14)11-9-3-4-10(16-2)13-12-9/h3-4,8,14H,5-7H2,1-2H3,(H,11,12). The Labute approximate surface area is 105 Å². The molecule has 0 saturated heterocycles. The third-order valence-corrected chi connectivity index (χ3v) is 3.42. The predicted octanol–water partition coefficient (Wildman–Crippen LogP) is 1.72. The third-order valence-electron chi connectivity index (χ3n) is 2.05. The van der Waals surface area contributed by atoms with Crippen LogP contribution in [0.4, 0.5) is 5.82 Å². The molecule has 1 atom stereocenters. The zero-order valence-corrected chi connectivity index (χ0v) is 11.1. The minimum absolute atomic E-state index is 0.189. The monoisotopic (exact) mass is 259 g/mol. The first kappa shape index (κ1) is 13.6. The Hall–Kier alpha value is -0.460. The Morgan fingerprint density at radius 2 is 2.19 bits per heavy atom. The molecule has 0 fully saturated rings. The molecule has 0 aromatic carbocycles. The van der Waals surface area contributed by atoms with Crippen molar-refractivity contribution in [2.75, 3.05) is 30.2 Å². The van der Waals surface area contributed by atoms with Crippen LogP contribution in [0.15, 0.2) is 17.2 Å². The molecule has 0 aliphatic carbocycles. The summed E-state index contributed by atoms with van der Waals surface area (Å²) in [5, 5.41) is 21.2. The van der Waals surface area contributed by atoms with E-state index in [0.717, 1.165) is 23.0 Å². The van der Waals surface area contributed by atoms with Gasteiger partial charge >= 0.3 is 0 Å². The van der Waals surface area contributed by atoms with E-state index >= 15 is 0 Å². The molecular weight excluding hydrogens is 242 g/mol. The number of aliphatic hydroxyl groups excluding tert-OH is 1. The smallest absolute Gasteiger partial charge is 0.148 e. The highest BCUT2D eigenvalue weighted by molar-refractivity contribution is 7.98. The van der Waals surface area contributed by atoms with Crippen LogP contribution in [0.1, 0.15) is 6.42 Å². The Balaban J connectivity index is 2.54. The van der Waals surface area contributed by atoms with Gasteiger partial charge in [0.25, 0.3) is 0 Å². The quantitative estimate of drug-likeness (QED) is 0.727. The van der Waals surface area contributed by atoms with Crippen LogP contribution < -0.4 is 5.32 Å². The zero-order valence-electron chi connectivity index (χ0n) is 9.51. The van der Waals surface area contributed by atoms with Gasteiger partial charge in [-0.2, -0.15) is 11.8 Å². The summed E-state index contributed by atoms with van der Waals surface area (Å²) in [5.41, 5.74) is 0. The number of hydrogen-bond donors (Lipinski definition) is 2. The first-order valence-corrected chi connectivity index (χ1v) is 7.66. The van der Waals surface area contributed by atoms with E-state index in [0.29, 0.717) is 0 Å². The number of thioether (sulfide) groups is 2. The van der Waals surface area contributed by atoms with E-state index in [1.807, 2.05) is 18.4 Å². The van der Waals surface area contributed by atoms with Crippen LogP contribution in [-0.2, 0) is 0 Å². The summed E-state index contributed by atoms with van der Waals surface area (Å²) >= 11 is 3.32. The van der Waals surface area contributed by atoms with Gasteiger partial charge in [-0.1, -0.05) is 0 Å². The normalized spacial score (nSPS) is 12.4. The Morgan fingerprint density at radius 1 is 1.38 bits per heavy atom. The van der Waals surface area contributed by atoms with Crippen LogP contribution in [0, 0.1) is 0 Å². The molecule has 1 aromatic heterocycles. The number of aliphatic hydroxyl groups is 1. The topological polar surface area (TPSA) is 58.0 Å². The fourth-order valence-electron chi connectivity index (χ4n) is 1.27. The lowest BCUT2D eigenvalue weighted by molar-refractivity contribution is 0.282. The van der Waals surface area contributed by atoms with E-state index in [-0.39, 0.29) is 12.6 Å². The van der Waals surface area contributed by atoms with Crippen LogP contribution in [0.2, 0.25) is 0 Å². The largest absolute Gasteiger partial charge is 0.396 e. The van der Waals surface area contributed by atoms with Gasteiger partial charge in [0.15, 0.2) is 0 Å². The minimum Gasteiger partial charge on any atom is -0.396 e. The summed E-state index contributed by atoms with van der Waals surface area (Å²) in [7, 11) is 0. The number of nitrogens with zero attached hydrogens (tertiary/aromatic N) is 2. The van der Waals surface area contributed by atoms with E-state index in [1.54, 1.807) is 23.5 Å². The molecule has 4 nitrogen and oxygen atoms in total. The van der Waals surface area contributed by atoms with Crippen molar-refractivity contribution in [1.29, 1.82) is 0 Å². The number of nitrogens with one attached hydrogen (secondary N) is 1. The fraction of sp³-hybridized carbons (Fsp3) is 0.600. The first-order chi connectivity index (χ1) is 7.80. The molecular formula is C10H17N3OS2.